The molecule has 112 valence electrons. The van der Waals surface area contributed by atoms with Gasteiger partial charge in [0.25, 0.3) is 0 Å². The minimum absolute atomic E-state index is 0.275. The van der Waals surface area contributed by atoms with E-state index < -0.39 is 11.7 Å². The zero-order valence-electron chi connectivity index (χ0n) is 11.9. The van der Waals surface area contributed by atoms with Gasteiger partial charge in [0.2, 0.25) is 0 Å². The van der Waals surface area contributed by atoms with E-state index in [9.17, 15) is 13.2 Å². The third-order valence-electron chi connectivity index (χ3n) is 4.23. The standard InChI is InChI=1S/C15H16F3N3/c1-8(19)13-9(2)21(11-4-3-5-11)14-12(13)6-10(7-20-14)15(16,17)18/h6-7,11,19H,3-5H2,1-2H3. The minimum atomic E-state index is -4.42. The number of rotatable bonds is 2. The van der Waals surface area contributed by atoms with Crippen LogP contribution >= 0.6 is 0 Å². The molecule has 0 radical (unpaired) electrons. The summed E-state index contributed by atoms with van der Waals surface area (Å²) in [5.41, 5.74) is 1.50. The number of pyridine rings is 1. The molecule has 0 saturated heterocycles. The summed E-state index contributed by atoms with van der Waals surface area (Å²) in [5, 5.41) is 8.32. The smallest absolute Gasteiger partial charge is 0.326 e. The molecule has 0 aliphatic heterocycles. The van der Waals surface area contributed by atoms with Crippen LogP contribution in [0.2, 0.25) is 0 Å². The van der Waals surface area contributed by atoms with Gasteiger partial charge in [-0.25, -0.2) is 4.98 Å². The Morgan fingerprint density at radius 2 is 2.05 bits per heavy atom. The molecule has 2 heterocycles. The highest BCUT2D eigenvalue weighted by atomic mass is 19.4. The van der Waals surface area contributed by atoms with E-state index in [4.69, 9.17) is 5.41 Å². The number of halogens is 3. The molecule has 21 heavy (non-hydrogen) atoms. The molecule has 1 N–H and O–H groups in total. The van der Waals surface area contributed by atoms with Crippen molar-refractivity contribution >= 4 is 16.7 Å². The third-order valence-corrected chi connectivity index (χ3v) is 4.23. The zero-order chi connectivity index (χ0) is 15.4. The number of hydrogen-bond donors (Lipinski definition) is 1. The Labute approximate surface area is 120 Å². The Morgan fingerprint density at radius 3 is 2.52 bits per heavy atom. The number of nitrogens with one attached hydrogen (secondary N) is 1. The largest absolute Gasteiger partial charge is 0.417 e. The van der Waals surface area contributed by atoms with Crippen molar-refractivity contribution in [3.8, 4) is 0 Å². The lowest BCUT2D eigenvalue weighted by Crippen LogP contribution is -2.18. The van der Waals surface area contributed by atoms with E-state index in [1.165, 1.54) is 0 Å². The van der Waals surface area contributed by atoms with Gasteiger partial charge in [-0.05, 0) is 39.2 Å². The second-order valence-electron chi connectivity index (χ2n) is 5.63. The van der Waals surface area contributed by atoms with Crippen LogP contribution in [0.25, 0.3) is 11.0 Å². The van der Waals surface area contributed by atoms with Crippen LogP contribution in [0.5, 0.6) is 0 Å². The van der Waals surface area contributed by atoms with Gasteiger partial charge in [0.05, 0.1) is 5.56 Å². The zero-order valence-corrected chi connectivity index (χ0v) is 11.9. The molecule has 3 rings (SSSR count). The van der Waals surface area contributed by atoms with Gasteiger partial charge < -0.3 is 9.98 Å². The van der Waals surface area contributed by atoms with Crippen LogP contribution in [0.15, 0.2) is 12.3 Å². The van der Waals surface area contributed by atoms with Crippen molar-refractivity contribution in [3.63, 3.8) is 0 Å². The van der Waals surface area contributed by atoms with Gasteiger partial charge in [-0.15, -0.1) is 0 Å². The maximum absolute atomic E-state index is 12.9. The van der Waals surface area contributed by atoms with Gasteiger partial charge in [0.1, 0.15) is 5.65 Å². The maximum Gasteiger partial charge on any atom is 0.417 e. The predicted molar refractivity (Wildman–Crippen MR) is 74.9 cm³/mol. The molecule has 0 atom stereocenters. The molecule has 0 amide bonds. The van der Waals surface area contributed by atoms with E-state index in [0.29, 0.717) is 22.6 Å². The molecule has 0 spiro atoms. The molecule has 2 aromatic rings. The highest BCUT2D eigenvalue weighted by molar-refractivity contribution is 6.09. The number of fused-ring (bicyclic) bond motifs is 1. The molecule has 1 saturated carbocycles. The summed E-state index contributed by atoms with van der Waals surface area (Å²) in [6.07, 6.45) is -0.363. The second kappa shape index (κ2) is 4.58. The van der Waals surface area contributed by atoms with Crippen LogP contribution in [0, 0.1) is 12.3 Å². The van der Waals surface area contributed by atoms with Crippen molar-refractivity contribution in [2.24, 2.45) is 0 Å². The summed E-state index contributed by atoms with van der Waals surface area (Å²) in [4.78, 5) is 4.06. The monoisotopic (exact) mass is 295 g/mol. The molecule has 2 aromatic heterocycles. The van der Waals surface area contributed by atoms with E-state index in [1.54, 1.807) is 6.92 Å². The molecule has 3 nitrogen and oxygen atoms in total. The first-order valence-electron chi connectivity index (χ1n) is 6.94. The van der Waals surface area contributed by atoms with Crippen LogP contribution in [0.4, 0.5) is 13.2 Å². The van der Waals surface area contributed by atoms with E-state index in [0.717, 1.165) is 37.2 Å². The molecule has 0 unspecified atom stereocenters. The lowest BCUT2D eigenvalue weighted by Gasteiger charge is -2.29. The first-order chi connectivity index (χ1) is 9.80. The van der Waals surface area contributed by atoms with Gasteiger partial charge >= 0.3 is 6.18 Å². The summed E-state index contributed by atoms with van der Waals surface area (Å²) in [5.74, 6) is 0. The number of nitrogens with zero attached hydrogens (tertiary/aromatic N) is 2. The summed E-state index contributed by atoms with van der Waals surface area (Å²) in [6.45, 7) is 3.47. The Kier molecular flexibility index (Phi) is 3.07. The summed E-state index contributed by atoms with van der Waals surface area (Å²) < 4.78 is 40.7. The van der Waals surface area contributed by atoms with Crippen molar-refractivity contribution in [3.05, 3.63) is 29.1 Å². The maximum atomic E-state index is 12.9. The van der Waals surface area contributed by atoms with Gasteiger partial charge in [-0.3, -0.25) is 0 Å². The molecular formula is C15H16F3N3. The van der Waals surface area contributed by atoms with Crippen LogP contribution in [-0.4, -0.2) is 15.3 Å². The van der Waals surface area contributed by atoms with Crippen LogP contribution in [0.1, 0.15) is 49.0 Å². The number of alkyl halides is 3. The summed E-state index contributed by atoms with van der Waals surface area (Å²) >= 11 is 0. The Bertz CT molecular complexity index is 724. The minimum Gasteiger partial charge on any atom is -0.326 e. The van der Waals surface area contributed by atoms with E-state index >= 15 is 0 Å². The van der Waals surface area contributed by atoms with E-state index in [2.05, 4.69) is 4.98 Å². The first-order valence-corrected chi connectivity index (χ1v) is 6.94. The number of hydrogen-bond acceptors (Lipinski definition) is 2. The van der Waals surface area contributed by atoms with Gasteiger partial charge in [-0.2, -0.15) is 13.2 Å². The average Bonchev–Trinajstić information content (AvgIpc) is 2.59. The van der Waals surface area contributed by atoms with Crippen LogP contribution in [0.3, 0.4) is 0 Å². The van der Waals surface area contributed by atoms with Gasteiger partial charge in [-0.1, -0.05) is 0 Å². The fourth-order valence-corrected chi connectivity index (χ4v) is 3.03. The molecule has 1 aliphatic rings. The molecule has 1 aliphatic carbocycles. The second-order valence-corrected chi connectivity index (χ2v) is 5.63. The fourth-order valence-electron chi connectivity index (χ4n) is 3.03. The molecule has 6 heteroatoms. The lowest BCUT2D eigenvalue weighted by atomic mass is 9.92. The van der Waals surface area contributed by atoms with Crippen molar-refractivity contribution in [1.82, 2.24) is 9.55 Å². The van der Waals surface area contributed by atoms with Crippen molar-refractivity contribution < 1.29 is 13.2 Å². The van der Waals surface area contributed by atoms with Crippen LogP contribution < -0.4 is 0 Å². The van der Waals surface area contributed by atoms with Crippen LogP contribution in [-0.2, 0) is 6.18 Å². The topological polar surface area (TPSA) is 41.7 Å². The summed E-state index contributed by atoms with van der Waals surface area (Å²) in [6, 6.07) is 1.42. The quantitative estimate of drug-likeness (QED) is 0.816. The Morgan fingerprint density at radius 1 is 1.38 bits per heavy atom. The molecule has 0 bridgehead atoms. The van der Waals surface area contributed by atoms with Crippen molar-refractivity contribution in [2.45, 2.75) is 45.3 Å². The SMILES string of the molecule is CC(=N)c1c(C)n(C2CCC2)c2ncc(C(F)(F)F)cc12. The molecule has 1 fully saturated rings. The average molecular weight is 295 g/mol. The predicted octanol–water partition coefficient (Wildman–Crippen LogP) is 4.48. The van der Waals surface area contributed by atoms with Crippen molar-refractivity contribution in [1.29, 1.82) is 5.41 Å². The normalized spacial score (nSPS) is 16.2. The van der Waals surface area contributed by atoms with Crippen molar-refractivity contribution in [2.75, 3.05) is 0 Å². The van der Waals surface area contributed by atoms with Gasteiger partial charge in [0, 0.05) is 34.6 Å². The first kappa shape index (κ1) is 14.1. The Hall–Kier alpha value is -1.85. The molecular weight excluding hydrogens is 279 g/mol. The number of aromatic nitrogens is 2. The lowest BCUT2D eigenvalue weighted by molar-refractivity contribution is -0.137. The summed E-state index contributed by atoms with van der Waals surface area (Å²) in [7, 11) is 0. The van der Waals surface area contributed by atoms with E-state index in [-0.39, 0.29) is 5.71 Å². The third kappa shape index (κ3) is 2.13. The fraction of sp³-hybridized carbons (Fsp3) is 0.467. The molecule has 0 aromatic carbocycles. The highest BCUT2D eigenvalue weighted by Gasteiger charge is 2.33. The van der Waals surface area contributed by atoms with E-state index in [1.807, 2.05) is 11.5 Å². The highest BCUT2D eigenvalue weighted by Crippen LogP contribution is 2.39. The van der Waals surface area contributed by atoms with Gasteiger partial charge in [0.15, 0.2) is 0 Å². The Balaban J connectivity index is 2.30.